The van der Waals surface area contributed by atoms with Gasteiger partial charge in [-0.3, -0.25) is 14.4 Å². The van der Waals surface area contributed by atoms with Gasteiger partial charge >= 0.3 is 17.9 Å². The second-order valence-electron chi connectivity index (χ2n) is 6.44. The van der Waals surface area contributed by atoms with Crippen molar-refractivity contribution in [1.29, 1.82) is 5.26 Å². The summed E-state index contributed by atoms with van der Waals surface area (Å²) < 4.78 is 23.1. The highest BCUT2D eigenvalue weighted by molar-refractivity contribution is 5.84. The molecule has 0 N–H and O–H groups in total. The summed E-state index contributed by atoms with van der Waals surface area (Å²) in [4.78, 5) is 34.6. The Hall–Kier alpha value is -3.45. The van der Waals surface area contributed by atoms with Crippen molar-refractivity contribution in [3.05, 3.63) is 30.0 Å². The lowest BCUT2D eigenvalue weighted by Crippen LogP contribution is -2.40. The number of rotatable bonds is 5. The van der Waals surface area contributed by atoms with Crippen LogP contribution in [-0.4, -0.2) is 52.6 Å². The van der Waals surface area contributed by atoms with Crippen molar-refractivity contribution < 1.29 is 33.3 Å². The van der Waals surface area contributed by atoms with Gasteiger partial charge in [-0.15, -0.1) is 0 Å². The molecule has 1 aromatic carbocycles. The van der Waals surface area contributed by atoms with Crippen molar-refractivity contribution in [2.45, 2.75) is 45.3 Å². The van der Waals surface area contributed by atoms with E-state index in [0.717, 1.165) is 0 Å². The van der Waals surface area contributed by atoms with E-state index < -0.39 is 42.4 Å². The van der Waals surface area contributed by atoms with Crippen LogP contribution in [0.25, 0.3) is 10.9 Å². The Morgan fingerprint density at radius 2 is 1.76 bits per heavy atom. The molecule has 10 heteroatoms. The fourth-order valence-electron chi connectivity index (χ4n) is 3.26. The molecule has 1 fully saturated rings. The normalized spacial score (nSPS) is 23.4. The van der Waals surface area contributed by atoms with Crippen LogP contribution < -0.4 is 0 Å². The van der Waals surface area contributed by atoms with Crippen molar-refractivity contribution in [3.63, 3.8) is 0 Å². The molecule has 4 atom stereocenters. The number of nitriles is 1. The third-order valence-corrected chi connectivity index (χ3v) is 4.30. The summed E-state index contributed by atoms with van der Waals surface area (Å²) in [5.41, 5.74) is 0.735. The van der Waals surface area contributed by atoms with Gasteiger partial charge in [0, 0.05) is 26.2 Å². The second kappa shape index (κ2) is 8.28. The minimum atomic E-state index is -1.06. The Bertz CT molecular complexity index is 993. The third-order valence-electron chi connectivity index (χ3n) is 4.30. The predicted octanol–water partition coefficient (Wildman–Crippen LogP) is 1.23. The fourth-order valence-corrected chi connectivity index (χ4v) is 3.26. The summed E-state index contributed by atoms with van der Waals surface area (Å²) in [5.74, 6) is -1.78. The molecule has 2 aromatic rings. The van der Waals surface area contributed by atoms with Crippen molar-refractivity contribution >= 4 is 28.8 Å². The highest BCUT2D eigenvalue weighted by Gasteiger charge is 2.51. The van der Waals surface area contributed by atoms with Crippen molar-refractivity contribution in [2.75, 3.05) is 6.61 Å². The Morgan fingerprint density at radius 1 is 1.10 bits per heavy atom. The Labute approximate surface area is 165 Å². The first-order chi connectivity index (χ1) is 13.8. The average Bonchev–Trinajstić information content (AvgIpc) is 3.18. The lowest BCUT2D eigenvalue weighted by atomic mass is 10.1. The standard InChI is InChI=1S/C19H19N3O7/c1-10(23)26-9-16-17(27-11(2)24)18(28-12(3)25)19(29-16)22-15-7-5-4-6-13(15)14(8-20)21-22/h4-7,16-19H,9H2,1-3H3/t16-,17-,18-,19-/m1/s1. The van der Waals surface area contributed by atoms with Gasteiger partial charge in [0.15, 0.2) is 24.1 Å². The zero-order valence-electron chi connectivity index (χ0n) is 16.0. The van der Waals surface area contributed by atoms with Gasteiger partial charge in [0.25, 0.3) is 0 Å². The van der Waals surface area contributed by atoms with Crippen LogP contribution in [0.15, 0.2) is 24.3 Å². The zero-order chi connectivity index (χ0) is 21.1. The number of benzene rings is 1. The maximum atomic E-state index is 11.7. The summed E-state index contributed by atoms with van der Waals surface area (Å²) in [6, 6.07) is 9.00. The largest absolute Gasteiger partial charge is 0.463 e. The Kier molecular flexibility index (Phi) is 5.79. The highest BCUT2D eigenvalue weighted by atomic mass is 16.7. The van der Waals surface area contributed by atoms with E-state index in [1.807, 2.05) is 6.07 Å². The number of ether oxygens (including phenoxy) is 4. The van der Waals surface area contributed by atoms with Crippen LogP contribution in [0.4, 0.5) is 0 Å². The van der Waals surface area contributed by atoms with Gasteiger partial charge in [-0.25, -0.2) is 4.68 Å². The number of hydrogen-bond donors (Lipinski definition) is 0. The maximum absolute atomic E-state index is 11.7. The van der Waals surface area contributed by atoms with Crippen molar-refractivity contribution in [1.82, 2.24) is 9.78 Å². The SMILES string of the molecule is CC(=O)OC[C@H]1O[C@@H](n2nc(C#N)c3ccccc32)[C@H](OC(C)=O)[C@@H]1OC(C)=O. The molecule has 0 spiro atoms. The average molecular weight is 401 g/mol. The van der Waals surface area contributed by atoms with E-state index in [1.54, 1.807) is 24.3 Å². The van der Waals surface area contributed by atoms with Gasteiger partial charge in [-0.1, -0.05) is 12.1 Å². The monoisotopic (exact) mass is 401 g/mol. The molecule has 1 aromatic heterocycles. The molecule has 0 bridgehead atoms. The maximum Gasteiger partial charge on any atom is 0.303 e. The molecule has 10 nitrogen and oxygen atoms in total. The van der Waals surface area contributed by atoms with E-state index in [9.17, 15) is 19.6 Å². The Morgan fingerprint density at radius 3 is 2.38 bits per heavy atom. The lowest BCUT2D eigenvalue weighted by molar-refractivity contribution is -0.166. The van der Waals surface area contributed by atoms with E-state index in [-0.39, 0.29) is 12.3 Å². The van der Waals surface area contributed by atoms with Crippen molar-refractivity contribution in [3.8, 4) is 6.07 Å². The van der Waals surface area contributed by atoms with Gasteiger partial charge in [-0.05, 0) is 12.1 Å². The molecule has 2 heterocycles. The summed E-state index contributed by atoms with van der Waals surface area (Å²) >= 11 is 0. The van der Waals surface area contributed by atoms with Crippen molar-refractivity contribution in [2.24, 2.45) is 0 Å². The van der Waals surface area contributed by atoms with Crippen LogP contribution in [-0.2, 0) is 33.3 Å². The number of carbonyl (C=O) groups excluding carboxylic acids is 3. The fraction of sp³-hybridized carbons (Fsp3) is 0.421. The Balaban J connectivity index is 2.06. The highest BCUT2D eigenvalue weighted by Crippen LogP contribution is 2.36. The topological polar surface area (TPSA) is 130 Å². The van der Waals surface area contributed by atoms with Gasteiger partial charge in [-0.2, -0.15) is 10.4 Å². The number of nitrogens with zero attached hydrogens (tertiary/aromatic N) is 3. The lowest BCUT2D eigenvalue weighted by Gasteiger charge is -2.23. The van der Waals surface area contributed by atoms with Crippen LogP contribution in [0.1, 0.15) is 32.7 Å². The van der Waals surface area contributed by atoms with E-state index in [0.29, 0.717) is 10.9 Å². The molecule has 3 rings (SSSR count). The number of fused-ring (bicyclic) bond motifs is 1. The quantitative estimate of drug-likeness (QED) is 0.536. The summed E-state index contributed by atoms with van der Waals surface area (Å²) in [6.07, 6.45) is -4.00. The summed E-state index contributed by atoms with van der Waals surface area (Å²) in [7, 11) is 0. The van der Waals surface area contributed by atoms with Crippen LogP contribution in [0.5, 0.6) is 0 Å². The predicted molar refractivity (Wildman–Crippen MR) is 96.1 cm³/mol. The summed E-state index contributed by atoms with van der Waals surface area (Å²) in [5, 5.41) is 14.3. The van der Waals surface area contributed by atoms with E-state index in [4.69, 9.17) is 18.9 Å². The van der Waals surface area contributed by atoms with E-state index in [1.165, 1.54) is 25.5 Å². The molecule has 0 saturated carbocycles. The molecule has 1 aliphatic heterocycles. The first-order valence-electron chi connectivity index (χ1n) is 8.82. The van der Waals surface area contributed by atoms with Crippen LogP contribution in [0.3, 0.4) is 0 Å². The molecule has 1 aliphatic rings. The molecule has 0 aliphatic carbocycles. The first kappa shape index (κ1) is 20.3. The number of hydrogen-bond acceptors (Lipinski definition) is 9. The minimum absolute atomic E-state index is 0.165. The van der Waals surface area contributed by atoms with Crippen LogP contribution in [0, 0.1) is 11.3 Å². The summed E-state index contributed by atoms with van der Waals surface area (Å²) in [6.45, 7) is 3.43. The second-order valence-corrected chi connectivity index (χ2v) is 6.44. The number of aromatic nitrogens is 2. The van der Waals surface area contributed by atoms with Gasteiger partial charge in [0.2, 0.25) is 0 Å². The van der Waals surface area contributed by atoms with Gasteiger partial charge in [0.05, 0.1) is 5.52 Å². The van der Waals surface area contributed by atoms with E-state index in [2.05, 4.69) is 5.10 Å². The third kappa shape index (κ3) is 4.20. The number of carbonyl (C=O) groups is 3. The van der Waals surface area contributed by atoms with Crippen LogP contribution in [0.2, 0.25) is 0 Å². The first-order valence-corrected chi connectivity index (χ1v) is 8.82. The van der Waals surface area contributed by atoms with E-state index >= 15 is 0 Å². The molecule has 0 amide bonds. The molecule has 0 radical (unpaired) electrons. The molecule has 1 saturated heterocycles. The molecular formula is C19H19N3O7. The van der Waals surface area contributed by atoms with Gasteiger partial charge < -0.3 is 18.9 Å². The molecule has 152 valence electrons. The number of esters is 3. The van der Waals surface area contributed by atoms with Gasteiger partial charge in [0.1, 0.15) is 18.8 Å². The molecule has 0 unspecified atom stereocenters. The molecular weight excluding hydrogens is 382 g/mol. The number of para-hydroxylation sites is 1. The minimum Gasteiger partial charge on any atom is -0.463 e. The smallest absolute Gasteiger partial charge is 0.303 e. The zero-order valence-corrected chi connectivity index (χ0v) is 16.0. The molecule has 29 heavy (non-hydrogen) atoms. The van der Waals surface area contributed by atoms with Crippen LogP contribution >= 0.6 is 0 Å².